The van der Waals surface area contributed by atoms with Gasteiger partial charge in [-0.05, 0) is 82.6 Å². The van der Waals surface area contributed by atoms with Gasteiger partial charge in [-0.3, -0.25) is 9.00 Å². The van der Waals surface area contributed by atoms with Crippen LogP contribution in [0.2, 0.25) is 5.02 Å². The van der Waals surface area contributed by atoms with E-state index in [-0.39, 0.29) is 23.9 Å². The predicted molar refractivity (Wildman–Crippen MR) is 185 cm³/mol. The SMILES string of the molecule is CC(C)Oc1cc(C2=CCC(NCCO)CC2)c(C=O)cc1Nc1ncc(Cl)c(Nc2ccccc2S(=O)C(C)C)n1.CNC. The van der Waals surface area contributed by atoms with Crippen LogP contribution in [0, 0.1) is 0 Å². The maximum absolute atomic E-state index is 12.9. The van der Waals surface area contributed by atoms with Gasteiger partial charge in [0.2, 0.25) is 5.95 Å². The first-order valence-electron chi connectivity index (χ1n) is 15.1. The number of aldehydes is 1. The molecule has 3 aromatic rings. The first-order valence-corrected chi connectivity index (χ1v) is 16.7. The van der Waals surface area contributed by atoms with Crippen molar-refractivity contribution in [2.24, 2.45) is 0 Å². The van der Waals surface area contributed by atoms with Gasteiger partial charge in [0.25, 0.3) is 0 Å². The number of aliphatic hydroxyl groups excluding tert-OH is 1. The molecule has 10 nitrogen and oxygen atoms in total. The van der Waals surface area contributed by atoms with Crippen LogP contribution in [-0.2, 0) is 10.8 Å². The maximum Gasteiger partial charge on any atom is 0.229 e. The molecular formula is C33H45ClN6O4S. The van der Waals surface area contributed by atoms with Crippen LogP contribution in [0.25, 0.3) is 5.57 Å². The average Bonchev–Trinajstić information content (AvgIpc) is 3.02. The smallest absolute Gasteiger partial charge is 0.229 e. The molecule has 2 aromatic carbocycles. The molecule has 244 valence electrons. The Hall–Kier alpha value is -3.35. The van der Waals surface area contributed by atoms with Crippen molar-refractivity contribution in [3.8, 4) is 5.75 Å². The number of benzene rings is 2. The number of nitrogens with zero attached hydrogens (tertiary/aromatic N) is 2. The third-order valence-electron chi connectivity index (χ3n) is 6.72. The number of hydrogen-bond donors (Lipinski definition) is 5. The third-order valence-corrected chi connectivity index (χ3v) is 8.64. The number of nitrogens with one attached hydrogen (secondary N) is 4. The molecule has 1 aliphatic carbocycles. The minimum Gasteiger partial charge on any atom is -0.489 e. The molecule has 0 aliphatic heterocycles. The lowest BCUT2D eigenvalue weighted by molar-refractivity contribution is 0.112. The molecule has 0 amide bonds. The third kappa shape index (κ3) is 10.3. The molecule has 1 aliphatic rings. The molecule has 0 saturated carbocycles. The molecule has 0 bridgehead atoms. The van der Waals surface area contributed by atoms with Gasteiger partial charge in [-0.2, -0.15) is 4.98 Å². The molecule has 0 saturated heterocycles. The van der Waals surface area contributed by atoms with Crippen LogP contribution < -0.4 is 26.0 Å². The summed E-state index contributed by atoms with van der Waals surface area (Å²) in [6.07, 6.45) is 6.89. The Kier molecular flexibility index (Phi) is 14.4. The molecule has 4 rings (SSSR count). The molecule has 2 unspecified atom stereocenters. The molecule has 5 N–H and O–H groups in total. The molecule has 0 spiro atoms. The van der Waals surface area contributed by atoms with E-state index in [9.17, 15) is 9.00 Å². The maximum atomic E-state index is 12.9. The fraction of sp³-hybridized carbons (Fsp3) is 0.424. The van der Waals surface area contributed by atoms with Gasteiger partial charge < -0.3 is 31.1 Å². The highest BCUT2D eigenvalue weighted by atomic mass is 35.5. The lowest BCUT2D eigenvalue weighted by Gasteiger charge is -2.25. The molecule has 45 heavy (non-hydrogen) atoms. The van der Waals surface area contributed by atoms with Crippen molar-refractivity contribution < 1.29 is 18.8 Å². The van der Waals surface area contributed by atoms with Crippen LogP contribution in [0.1, 0.15) is 62.9 Å². The van der Waals surface area contributed by atoms with Gasteiger partial charge >= 0.3 is 0 Å². The minimum atomic E-state index is -1.22. The second kappa shape index (κ2) is 18.0. The quantitative estimate of drug-likeness (QED) is 0.138. The lowest BCUT2D eigenvalue weighted by Crippen LogP contribution is -2.32. The Bertz CT molecular complexity index is 1480. The van der Waals surface area contributed by atoms with Gasteiger partial charge in [-0.25, -0.2) is 4.98 Å². The van der Waals surface area contributed by atoms with Crippen LogP contribution in [0.4, 0.5) is 23.1 Å². The van der Waals surface area contributed by atoms with Crippen LogP contribution in [0.5, 0.6) is 5.75 Å². The number of aliphatic hydroxyl groups is 1. The molecule has 2 atom stereocenters. The number of hydrogen-bond acceptors (Lipinski definition) is 10. The highest BCUT2D eigenvalue weighted by molar-refractivity contribution is 7.85. The van der Waals surface area contributed by atoms with Gasteiger partial charge in [0, 0.05) is 23.4 Å². The molecule has 0 fully saturated rings. The zero-order valence-electron chi connectivity index (χ0n) is 26.8. The van der Waals surface area contributed by atoms with E-state index < -0.39 is 10.8 Å². The summed E-state index contributed by atoms with van der Waals surface area (Å²) in [5, 5.41) is 21.8. The largest absolute Gasteiger partial charge is 0.489 e. The Labute approximate surface area is 273 Å². The van der Waals surface area contributed by atoms with Crippen LogP contribution in [0.15, 0.2) is 53.6 Å². The summed E-state index contributed by atoms with van der Waals surface area (Å²) in [5.41, 5.74) is 3.64. The number of rotatable bonds is 13. The highest BCUT2D eigenvalue weighted by Gasteiger charge is 2.21. The number of halogens is 1. The fourth-order valence-corrected chi connectivity index (χ4v) is 5.91. The average molecular weight is 657 g/mol. The van der Waals surface area contributed by atoms with E-state index in [0.29, 0.717) is 51.0 Å². The molecule has 1 aromatic heterocycles. The zero-order valence-corrected chi connectivity index (χ0v) is 28.4. The Morgan fingerprint density at radius 2 is 1.87 bits per heavy atom. The Morgan fingerprint density at radius 3 is 2.49 bits per heavy atom. The van der Waals surface area contributed by atoms with Crippen molar-refractivity contribution in [3.05, 3.63) is 64.8 Å². The fourth-order valence-electron chi connectivity index (χ4n) is 4.72. The number of para-hydroxylation sites is 1. The number of allylic oxidation sites excluding steroid dienone is 1. The van der Waals surface area contributed by atoms with Crippen LogP contribution in [-0.4, -0.2) is 70.2 Å². The summed E-state index contributed by atoms with van der Waals surface area (Å²) in [5.74, 6) is 1.16. The van der Waals surface area contributed by atoms with E-state index in [0.717, 1.165) is 36.7 Å². The monoisotopic (exact) mass is 656 g/mol. The van der Waals surface area contributed by atoms with Crippen molar-refractivity contribution in [1.29, 1.82) is 0 Å². The van der Waals surface area contributed by atoms with E-state index in [2.05, 4.69) is 37.3 Å². The summed E-state index contributed by atoms with van der Waals surface area (Å²) in [4.78, 5) is 21.8. The van der Waals surface area contributed by atoms with Crippen molar-refractivity contribution in [1.82, 2.24) is 20.6 Å². The normalized spacial score (nSPS) is 15.2. The summed E-state index contributed by atoms with van der Waals surface area (Å²) >= 11 is 6.45. The Morgan fingerprint density at radius 1 is 1.13 bits per heavy atom. The summed E-state index contributed by atoms with van der Waals surface area (Å²) in [7, 11) is 2.53. The number of carbonyl (C=O) groups is 1. The summed E-state index contributed by atoms with van der Waals surface area (Å²) in [6, 6.07) is 11.3. The van der Waals surface area contributed by atoms with Crippen LogP contribution >= 0.6 is 11.6 Å². The van der Waals surface area contributed by atoms with Crippen molar-refractivity contribution in [2.45, 2.75) is 69.2 Å². The van der Waals surface area contributed by atoms with Gasteiger partial charge in [-0.15, -0.1) is 0 Å². The number of ether oxygens (including phenoxy) is 1. The van der Waals surface area contributed by atoms with Gasteiger partial charge in [0.1, 0.15) is 10.8 Å². The molecule has 1 heterocycles. The molecular weight excluding hydrogens is 612 g/mol. The summed E-state index contributed by atoms with van der Waals surface area (Å²) in [6.45, 7) is 8.35. The van der Waals surface area contributed by atoms with Gasteiger partial charge in [0.05, 0.1) is 46.0 Å². The van der Waals surface area contributed by atoms with E-state index in [1.165, 1.54) is 6.20 Å². The topological polar surface area (TPSA) is 137 Å². The second-order valence-electron chi connectivity index (χ2n) is 11.1. The van der Waals surface area contributed by atoms with E-state index in [1.54, 1.807) is 6.07 Å². The van der Waals surface area contributed by atoms with E-state index in [1.807, 2.05) is 72.1 Å². The highest BCUT2D eigenvalue weighted by Crippen LogP contribution is 2.37. The number of anilines is 4. The van der Waals surface area contributed by atoms with Gasteiger partial charge in [-0.1, -0.05) is 43.7 Å². The lowest BCUT2D eigenvalue weighted by atomic mass is 9.88. The number of carbonyl (C=O) groups excluding carboxylic acids is 1. The van der Waals surface area contributed by atoms with Gasteiger partial charge in [0.15, 0.2) is 12.1 Å². The van der Waals surface area contributed by atoms with Crippen molar-refractivity contribution >= 4 is 57.4 Å². The summed E-state index contributed by atoms with van der Waals surface area (Å²) < 4.78 is 19.0. The standard InChI is InChI=1S/C31H38ClN5O4S.C2H7N/c1-19(2)41-28-16-24(21-9-11-23(12-10-21)33-13-14-38)22(18-39)15-27(28)36-31-34-17-25(32)30(37-31)35-26-7-5-6-8-29(26)42(40)20(3)4;1-3-2/h5-9,15-20,23,33,38H,10-14H2,1-4H3,(H2,34,35,36,37);3H,1-2H3. The zero-order chi connectivity index (χ0) is 32.9. The van der Waals surface area contributed by atoms with E-state index in [4.69, 9.17) is 21.4 Å². The second-order valence-corrected chi connectivity index (χ2v) is 13.5. The van der Waals surface area contributed by atoms with Crippen molar-refractivity contribution in [3.63, 3.8) is 0 Å². The van der Waals surface area contributed by atoms with Crippen LogP contribution in [0.3, 0.4) is 0 Å². The minimum absolute atomic E-state index is 0.0610. The number of aromatic nitrogens is 2. The predicted octanol–water partition coefficient (Wildman–Crippen LogP) is 6.09. The van der Waals surface area contributed by atoms with E-state index >= 15 is 0 Å². The Balaban J connectivity index is 0.00000177. The molecule has 0 radical (unpaired) electrons. The first-order chi connectivity index (χ1) is 21.6. The van der Waals surface area contributed by atoms with Crippen molar-refractivity contribution in [2.75, 3.05) is 37.9 Å². The first kappa shape index (κ1) is 36.1. The molecule has 12 heteroatoms.